The van der Waals surface area contributed by atoms with E-state index in [1.807, 2.05) is 18.2 Å². The predicted octanol–water partition coefficient (Wildman–Crippen LogP) is 2.99. The number of imide groups is 1. The van der Waals surface area contributed by atoms with Gasteiger partial charge in [0, 0.05) is 57.3 Å². The van der Waals surface area contributed by atoms with E-state index < -0.39 is 27.9 Å². The first kappa shape index (κ1) is 29.9. The lowest BCUT2D eigenvalue weighted by Gasteiger charge is -2.27. The number of morpholine rings is 1. The van der Waals surface area contributed by atoms with Crippen molar-refractivity contribution in [1.29, 1.82) is 0 Å². The highest BCUT2D eigenvalue weighted by atomic mass is 32.2. The maximum Gasteiger partial charge on any atom is 0.323 e. The largest absolute Gasteiger partial charge is 0.379 e. The lowest BCUT2D eigenvalue weighted by Crippen LogP contribution is -2.40. The number of fused-ring (bicyclic) bond motifs is 1. The fourth-order valence-electron chi connectivity index (χ4n) is 4.92. The first-order chi connectivity index (χ1) is 20.1. The summed E-state index contributed by atoms with van der Waals surface area (Å²) >= 11 is 1.32. The molecule has 1 aromatic heterocycles. The lowest BCUT2D eigenvalue weighted by atomic mass is 10.0. The fraction of sp³-hybridized carbons (Fsp3) is 0.345. The van der Waals surface area contributed by atoms with Crippen LogP contribution < -0.4 is 10.6 Å². The second-order valence-electron chi connectivity index (χ2n) is 10.3. The van der Waals surface area contributed by atoms with Crippen LogP contribution in [0.5, 0.6) is 0 Å². The van der Waals surface area contributed by atoms with Crippen molar-refractivity contribution < 1.29 is 27.5 Å². The van der Waals surface area contributed by atoms with Crippen molar-refractivity contribution in [3.8, 4) is 0 Å². The molecule has 0 saturated carbocycles. The van der Waals surface area contributed by atoms with Crippen molar-refractivity contribution in [3.05, 3.63) is 81.7 Å². The monoisotopic (exact) mass is 611 g/mol. The molecule has 0 aliphatic carbocycles. The Kier molecular flexibility index (Phi) is 9.04. The van der Waals surface area contributed by atoms with Crippen molar-refractivity contribution >= 4 is 44.2 Å². The molecule has 2 aliphatic heterocycles. The van der Waals surface area contributed by atoms with Gasteiger partial charge in [-0.15, -0.1) is 11.3 Å². The van der Waals surface area contributed by atoms with E-state index in [-0.39, 0.29) is 29.1 Å². The molecule has 2 aromatic carbocycles. The number of amides is 4. The van der Waals surface area contributed by atoms with E-state index in [2.05, 4.69) is 27.7 Å². The number of ether oxygens (including phenoxy) is 1. The van der Waals surface area contributed by atoms with Gasteiger partial charge in [0.15, 0.2) is 0 Å². The SMILES string of the molecule is CN(C)C(=O)NC(=O)c1c(NC(=O)c2ccc(S(=O)(=O)N3CCOCC3)cc2)sc2c1CCN(Cc1ccccc1)C2. The summed E-state index contributed by atoms with van der Waals surface area (Å²) < 4.78 is 32.5. The highest BCUT2D eigenvalue weighted by Gasteiger charge is 2.31. The van der Waals surface area contributed by atoms with Crippen LogP contribution in [0.4, 0.5) is 9.80 Å². The normalized spacial score (nSPS) is 16.0. The number of hydrogen-bond donors (Lipinski definition) is 2. The van der Waals surface area contributed by atoms with E-state index in [4.69, 9.17) is 4.74 Å². The third kappa shape index (κ3) is 6.55. The summed E-state index contributed by atoms with van der Waals surface area (Å²) in [6.45, 7) is 3.29. The van der Waals surface area contributed by atoms with E-state index in [0.29, 0.717) is 37.7 Å². The van der Waals surface area contributed by atoms with Crippen molar-refractivity contribution in [1.82, 2.24) is 19.4 Å². The Hall–Kier alpha value is -3.62. The Morgan fingerprint density at radius 2 is 1.64 bits per heavy atom. The number of rotatable bonds is 7. The number of hydrogen-bond acceptors (Lipinski definition) is 8. The Balaban J connectivity index is 1.37. The van der Waals surface area contributed by atoms with E-state index in [0.717, 1.165) is 17.0 Å². The fourth-order valence-corrected chi connectivity index (χ4v) is 7.61. The molecular formula is C29H33N5O6S2. The topological polar surface area (TPSA) is 128 Å². The van der Waals surface area contributed by atoms with Gasteiger partial charge in [0.2, 0.25) is 10.0 Å². The quantitative estimate of drug-likeness (QED) is 0.421. The average molecular weight is 612 g/mol. The van der Waals surface area contributed by atoms with Gasteiger partial charge in [-0.2, -0.15) is 4.31 Å². The van der Waals surface area contributed by atoms with Gasteiger partial charge >= 0.3 is 6.03 Å². The highest BCUT2D eigenvalue weighted by Crippen LogP contribution is 2.38. The number of nitrogens with zero attached hydrogens (tertiary/aromatic N) is 3. The molecule has 42 heavy (non-hydrogen) atoms. The number of thiophene rings is 1. The van der Waals surface area contributed by atoms with Gasteiger partial charge in [-0.3, -0.25) is 19.8 Å². The van der Waals surface area contributed by atoms with Gasteiger partial charge in [0.05, 0.1) is 23.7 Å². The number of carbonyl (C=O) groups is 3. The van der Waals surface area contributed by atoms with Crippen LogP contribution >= 0.6 is 11.3 Å². The Morgan fingerprint density at radius 1 is 0.952 bits per heavy atom. The Bertz CT molecular complexity index is 1570. The number of anilines is 1. The van der Waals surface area contributed by atoms with Gasteiger partial charge in [-0.05, 0) is 41.8 Å². The first-order valence-electron chi connectivity index (χ1n) is 13.6. The number of nitrogens with one attached hydrogen (secondary N) is 2. The van der Waals surface area contributed by atoms with E-state index in [9.17, 15) is 22.8 Å². The predicted molar refractivity (Wildman–Crippen MR) is 159 cm³/mol. The molecule has 0 radical (unpaired) electrons. The molecule has 0 spiro atoms. The summed E-state index contributed by atoms with van der Waals surface area (Å²) in [5, 5.41) is 5.60. The molecule has 11 nitrogen and oxygen atoms in total. The van der Waals surface area contributed by atoms with Crippen LogP contribution in [0.25, 0.3) is 0 Å². The van der Waals surface area contributed by atoms with Crippen LogP contribution in [0.3, 0.4) is 0 Å². The third-order valence-electron chi connectivity index (χ3n) is 7.19. The lowest BCUT2D eigenvalue weighted by molar-refractivity contribution is 0.0730. The van der Waals surface area contributed by atoms with Crippen LogP contribution in [0.1, 0.15) is 36.7 Å². The zero-order valence-corrected chi connectivity index (χ0v) is 25.1. The average Bonchev–Trinajstić information content (AvgIpc) is 3.35. The number of sulfonamides is 1. The minimum Gasteiger partial charge on any atom is -0.379 e. The molecule has 5 rings (SSSR count). The van der Waals surface area contributed by atoms with Crippen LogP contribution in [-0.4, -0.2) is 87.3 Å². The van der Waals surface area contributed by atoms with Crippen molar-refractivity contribution in [2.75, 3.05) is 52.3 Å². The molecule has 3 heterocycles. The minimum atomic E-state index is -3.70. The van der Waals surface area contributed by atoms with Crippen molar-refractivity contribution in [2.24, 2.45) is 0 Å². The molecular weight excluding hydrogens is 578 g/mol. The number of carbonyl (C=O) groups excluding carboxylic acids is 3. The Labute approximate surface area is 249 Å². The van der Waals surface area contributed by atoms with Crippen molar-refractivity contribution in [2.45, 2.75) is 24.4 Å². The summed E-state index contributed by atoms with van der Waals surface area (Å²) in [5.41, 5.74) is 2.52. The molecule has 0 atom stereocenters. The zero-order valence-electron chi connectivity index (χ0n) is 23.5. The van der Waals surface area contributed by atoms with Crippen LogP contribution in [-0.2, 0) is 34.3 Å². The maximum absolute atomic E-state index is 13.3. The van der Waals surface area contributed by atoms with Gasteiger partial charge in [0.1, 0.15) is 5.00 Å². The number of benzene rings is 2. The molecule has 222 valence electrons. The molecule has 3 aromatic rings. The molecule has 0 unspecified atom stereocenters. The molecule has 13 heteroatoms. The minimum absolute atomic E-state index is 0.0910. The molecule has 2 aliphatic rings. The summed E-state index contributed by atoms with van der Waals surface area (Å²) in [6, 6.07) is 15.3. The van der Waals surface area contributed by atoms with E-state index in [1.54, 1.807) is 14.1 Å². The molecule has 1 fully saturated rings. The van der Waals surface area contributed by atoms with Gasteiger partial charge in [-0.1, -0.05) is 30.3 Å². The summed E-state index contributed by atoms with van der Waals surface area (Å²) in [6.07, 6.45) is 0.585. The van der Waals surface area contributed by atoms with Crippen LogP contribution in [0.2, 0.25) is 0 Å². The molecule has 4 amide bonds. The van der Waals surface area contributed by atoms with Crippen LogP contribution in [0, 0.1) is 0 Å². The van der Waals surface area contributed by atoms with Crippen molar-refractivity contribution in [3.63, 3.8) is 0 Å². The summed E-state index contributed by atoms with van der Waals surface area (Å²) in [4.78, 5) is 43.5. The van der Waals surface area contributed by atoms with E-state index >= 15 is 0 Å². The second-order valence-corrected chi connectivity index (χ2v) is 13.3. The maximum atomic E-state index is 13.3. The summed E-state index contributed by atoms with van der Waals surface area (Å²) in [7, 11) is -0.619. The molecule has 2 N–H and O–H groups in total. The summed E-state index contributed by atoms with van der Waals surface area (Å²) in [5.74, 6) is -1.07. The molecule has 1 saturated heterocycles. The van der Waals surface area contributed by atoms with Gasteiger partial charge in [0.25, 0.3) is 11.8 Å². The zero-order chi connectivity index (χ0) is 29.9. The third-order valence-corrected chi connectivity index (χ3v) is 10.2. The standard InChI is InChI=1S/C29H33N5O6S2/c1-32(2)29(37)31-27(36)25-23-12-13-33(18-20-6-4-3-5-7-20)19-24(23)41-28(25)30-26(35)21-8-10-22(11-9-21)42(38,39)34-14-16-40-17-15-34/h3-11H,12-19H2,1-2H3,(H,30,35)(H,31,36,37). The van der Waals surface area contributed by atoms with E-state index in [1.165, 1.54) is 50.4 Å². The van der Waals surface area contributed by atoms with Gasteiger partial charge in [-0.25, -0.2) is 13.2 Å². The Morgan fingerprint density at radius 3 is 2.31 bits per heavy atom. The smallest absolute Gasteiger partial charge is 0.323 e. The van der Waals surface area contributed by atoms with Crippen LogP contribution in [0.15, 0.2) is 59.5 Å². The highest BCUT2D eigenvalue weighted by molar-refractivity contribution is 7.89. The number of urea groups is 1. The molecule has 0 bridgehead atoms. The second kappa shape index (κ2) is 12.7. The first-order valence-corrected chi connectivity index (χ1v) is 15.8. The van der Waals surface area contributed by atoms with Gasteiger partial charge < -0.3 is 15.0 Å².